The fourth-order valence-corrected chi connectivity index (χ4v) is 4.32. The smallest absolute Gasteiger partial charge is 0.600 e. The molecule has 0 saturated carbocycles. The van der Waals surface area contributed by atoms with Crippen molar-refractivity contribution in [2.45, 2.75) is 45.0 Å². The van der Waals surface area contributed by atoms with Crippen molar-refractivity contribution in [1.29, 1.82) is 0 Å². The standard InChI is InChI=1S/C15H18F3S.BrH/c1-3-5-6-13-10-12-8-7-11(4-2)9-14(12)19(13)15(16,17)18;/h7-10H,3-6H2,1-2H3;1H/q+1;/p-1. The Kier molecular flexibility index (Phi) is 6.07. The quantitative estimate of drug-likeness (QED) is 0.729. The Morgan fingerprint density at radius 3 is 2.35 bits per heavy atom. The van der Waals surface area contributed by atoms with E-state index in [4.69, 9.17) is 0 Å². The largest absolute Gasteiger partial charge is 1.00 e. The summed E-state index contributed by atoms with van der Waals surface area (Å²) in [4.78, 5) is 0.553. The lowest BCUT2D eigenvalue weighted by Gasteiger charge is -2.00. The number of halogens is 4. The summed E-state index contributed by atoms with van der Waals surface area (Å²) in [6, 6.07) is 7.25. The average molecular weight is 367 g/mol. The van der Waals surface area contributed by atoms with E-state index in [0.717, 1.165) is 30.2 Å². The predicted octanol–water partition coefficient (Wildman–Crippen LogP) is 2.97. The lowest BCUT2D eigenvalue weighted by atomic mass is 10.1. The van der Waals surface area contributed by atoms with Crippen LogP contribution in [0.3, 0.4) is 0 Å². The molecule has 2 rings (SSSR count). The molecule has 0 aliphatic heterocycles. The maximum atomic E-state index is 13.3. The van der Waals surface area contributed by atoms with Gasteiger partial charge in [0, 0.05) is 23.9 Å². The van der Waals surface area contributed by atoms with Gasteiger partial charge in [-0.2, -0.15) is 0 Å². The van der Waals surface area contributed by atoms with Crippen LogP contribution in [0.5, 0.6) is 0 Å². The van der Waals surface area contributed by atoms with Crippen molar-refractivity contribution in [3.05, 3.63) is 34.7 Å². The van der Waals surface area contributed by atoms with Crippen molar-refractivity contribution in [2.75, 3.05) is 0 Å². The van der Waals surface area contributed by atoms with E-state index in [1.54, 1.807) is 12.1 Å². The molecule has 0 aliphatic rings. The van der Waals surface area contributed by atoms with Gasteiger partial charge in [-0.05, 0) is 24.5 Å². The van der Waals surface area contributed by atoms with Gasteiger partial charge in [0.05, 0.1) is 10.5 Å². The Morgan fingerprint density at radius 1 is 1.10 bits per heavy atom. The van der Waals surface area contributed by atoms with Crippen LogP contribution in [-0.2, 0) is 18.3 Å². The van der Waals surface area contributed by atoms with Crippen molar-refractivity contribution < 1.29 is 30.2 Å². The Labute approximate surface area is 130 Å². The number of rotatable bonds is 4. The second kappa shape index (κ2) is 6.94. The average Bonchev–Trinajstić information content (AvgIpc) is 2.72. The Balaban J connectivity index is 0.00000200. The van der Waals surface area contributed by atoms with Gasteiger partial charge in [0.1, 0.15) is 0 Å². The molecule has 20 heavy (non-hydrogen) atoms. The fourth-order valence-electron chi connectivity index (χ4n) is 2.27. The van der Waals surface area contributed by atoms with Crippen molar-refractivity contribution in [2.24, 2.45) is 0 Å². The predicted molar refractivity (Wildman–Crippen MR) is 75.7 cm³/mol. The molecule has 112 valence electrons. The maximum Gasteiger partial charge on any atom is 0.600 e. The zero-order valence-electron chi connectivity index (χ0n) is 11.6. The van der Waals surface area contributed by atoms with E-state index in [-0.39, 0.29) is 17.0 Å². The van der Waals surface area contributed by atoms with Crippen LogP contribution in [0.2, 0.25) is 0 Å². The minimum Gasteiger partial charge on any atom is -1.00 e. The maximum absolute atomic E-state index is 13.3. The highest BCUT2D eigenvalue weighted by molar-refractivity contribution is 7.38. The number of hydrogen-bond donors (Lipinski definition) is 0. The summed E-state index contributed by atoms with van der Waals surface area (Å²) < 4.78 is 40.4. The van der Waals surface area contributed by atoms with Gasteiger partial charge in [-0.3, -0.25) is 0 Å². The molecule has 0 radical (unpaired) electrons. The number of aryl methyl sites for hydroxylation is 2. The molecule has 0 fully saturated rings. The Bertz CT molecular complexity index is 572. The van der Waals surface area contributed by atoms with Crippen LogP contribution < -0.4 is 17.0 Å². The molecule has 1 aromatic heterocycles. The monoisotopic (exact) mass is 366 g/mol. The number of benzene rings is 1. The number of alkyl halides is 3. The van der Waals surface area contributed by atoms with Gasteiger partial charge in [0.15, 0.2) is 9.58 Å². The molecule has 0 saturated heterocycles. The fraction of sp³-hybridized carbons (Fsp3) is 0.467. The third-order valence-corrected chi connectivity index (χ3v) is 5.40. The van der Waals surface area contributed by atoms with Crippen molar-refractivity contribution in [1.82, 2.24) is 0 Å². The third-order valence-electron chi connectivity index (χ3n) is 3.29. The molecule has 1 unspecified atom stereocenters. The van der Waals surface area contributed by atoms with Gasteiger partial charge in [0.25, 0.3) is 0 Å². The highest BCUT2D eigenvalue weighted by atomic mass is 79.9. The van der Waals surface area contributed by atoms with Crippen LogP contribution in [0.15, 0.2) is 24.3 Å². The first-order chi connectivity index (χ1) is 8.97. The summed E-state index contributed by atoms with van der Waals surface area (Å²) in [5.74, 6) is 0. The van der Waals surface area contributed by atoms with Crippen molar-refractivity contribution in [3.8, 4) is 0 Å². The van der Waals surface area contributed by atoms with Crippen molar-refractivity contribution in [3.63, 3.8) is 0 Å². The molecule has 0 nitrogen and oxygen atoms in total. The van der Waals surface area contributed by atoms with Crippen LogP contribution in [0.25, 0.3) is 10.1 Å². The molecule has 0 bridgehead atoms. The summed E-state index contributed by atoms with van der Waals surface area (Å²) in [6.45, 7) is 3.97. The van der Waals surface area contributed by atoms with Crippen LogP contribution in [0, 0.1) is 0 Å². The van der Waals surface area contributed by atoms with E-state index in [1.807, 2.05) is 26.0 Å². The molecule has 0 amide bonds. The topological polar surface area (TPSA) is 0 Å². The zero-order valence-corrected chi connectivity index (χ0v) is 14.0. The molecule has 1 aromatic carbocycles. The Hall–Kier alpha value is -0.550. The van der Waals surface area contributed by atoms with Crippen LogP contribution in [-0.4, -0.2) is 0 Å². The lowest BCUT2D eigenvalue weighted by Crippen LogP contribution is -3.00. The summed E-state index contributed by atoms with van der Waals surface area (Å²) in [7, 11) is -1.71. The van der Waals surface area contributed by atoms with Gasteiger partial charge in [-0.25, -0.2) is 0 Å². The second-order valence-electron chi connectivity index (χ2n) is 4.69. The van der Waals surface area contributed by atoms with E-state index >= 15 is 0 Å². The first-order valence-electron chi connectivity index (χ1n) is 6.62. The molecule has 1 atom stereocenters. The van der Waals surface area contributed by atoms with E-state index in [0.29, 0.717) is 16.0 Å². The third kappa shape index (κ3) is 3.55. The first kappa shape index (κ1) is 17.5. The van der Waals surface area contributed by atoms with E-state index in [1.165, 1.54) is 0 Å². The number of hydrogen-bond acceptors (Lipinski definition) is 0. The molecular formula is C15H18BrF3S. The Morgan fingerprint density at radius 2 is 1.80 bits per heavy atom. The van der Waals surface area contributed by atoms with Crippen LogP contribution in [0.1, 0.15) is 37.1 Å². The molecule has 0 N–H and O–H groups in total. The summed E-state index contributed by atoms with van der Waals surface area (Å²) in [5, 5.41) is 0.754. The highest BCUT2D eigenvalue weighted by Gasteiger charge is 2.47. The lowest BCUT2D eigenvalue weighted by molar-refractivity contribution is -0.0867. The molecular weight excluding hydrogens is 349 g/mol. The van der Waals surface area contributed by atoms with E-state index in [2.05, 4.69) is 0 Å². The first-order valence-corrected chi connectivity index (χ1v) is 7.84. The molecule has 0 spiro atoms. The number of fused-ring (bicyclic) bond motifs is 1. The number of unbranched alkanes of at least 4 members (excludes halogenated alkanes) is 1. The molecule has 0 aliphatic carbocycles. The molecule has 1 heterocycles. The van der Waals surface area contributed by atoms with Gasteiger partial charge < -0.3 is 17.0 Å². The van der Waals surface area contributed by atoms with E-state index in [9.17, 15) is 13.2 Å². The van der Waals surface area contributed by atoms with Gasteiger partial charge in [-0.15, -0.1) is 13.2 Å². The summed E-state index contributed by atoms with van der Waals surface area (Å²) in [6.07, 6.45) is 3.06. The van der Waals surface area contributed by atoms with Crippen LogP contribution >= 0.6 is 10.5 Å². The summed E-state index contributed by atoms with van der Waals surface area (Å²) >= 11 is 0. The number of thiophene rings is 1. The van der Waals surface area contributed by atoms with E-state index < -0.39 is 16.0 Å². The minimum atomic E-state index is -4.16. The zero-order chi connectivity index (χ0) is 14.0. The van der Waals surface area contributed by atoms with Gasteiger partial charge >= 0.3 is 5.51 Å². The summed E-state index contributed by atoms with van der Waals surface area (Å²) in [5.41, 5.74) is -3.18. The molecule has 2 aromatic rings. The minimum absolute atomic E-state index is 0. The normalized spacial score (nSPS) is 12.6. The second-order valence-corrected chi connectivity index (χ2v) is 6.73. The van der Waals surface area contributed by atoms with Crippen molar-refractivity contribution >= 4 is 20.6 Å². The SMILES string of the molecule is CCCCc1cc2ccc(CC)cc2[s+]1C(F)(F)F.[Br-]. The highest BCUT2D eigenvalue weighted by Crippen LogP contribution is 2.51. The van der Waals surface area contributed by atoms with Gasteiger partial charge in [0.2, 0.25) is 0 Å². The van der Waals surface area contributed by atoms with Gasteiger partial charge in [-0.1, -0.05) is 26.3 Å². The van der Waals surface area contributed by atoms with Crippen LogP contribution in [0.4, 0.5) is 13.2 Å². The molecule has 5 heteroatoms.